The van der Waals surface area contributed by atoms with Crippen molar-refractivity contribution in [1.29, 1.82) is 0 Å². The first-order valence-corrected chi connectivity index (χ1v) is 27.9. The highest BCUT2D eigenvalue weighted by Gasteiger charge is 2.40. The van der Waals surface area contributed by atoms with Crippen molar-refractivity contribution in [2.24, 2.45) is 11.8 Å². The van der Waals surface area contributed by atoms with Crippen molar-refractivity contribution in [2.75, 3.05) is 67.5 Å². The molecule has 2 saturated heterocycles. The quantitative estimate of drug-likeness (QED) is 0.112. The van der Waals surface area contributed by atoms with E-state index in [4.69, 9.17) is 25.8 Å². The second-order valence-corrected chi connectivity index (χ2v) is 22.9. The Hall–Kier alpha value is -5.57. The maximum atomic E-state index is 12.4. The maximum absolute atomic E-state index is 12.4. The largest absolute Gasteiger partial charge is 0.493 e. The number of halogens is 1. The van der Waals surface area contributed by atoms with Gasteiger partial charge in [-0.25, -0.2) is 16.8 Å². The minimum Gasteiger partial charge on any atom is -0.493 e. The third-order valence-corrected chi connectivity index (χ3v) is 16.7. The molecule has 10 rings (SSSR count). The molecule has 69 heavy (non-hydrogen) atoms. The van der Waals surface area contributed by atoms with Gasteiger partial charge in [0.25, 0.3) is 0 Å². The zero-order chi connectivity index (χ0) is 48.1. The van der Waals surface area contributed by atoms with Crippen LogP contribution in [0, 0.1) is 11.8 Å². The molecule has 0 radical (unpaired) electrons. The predicted molar refractivity (Wildman–Crippen MR) is 276 cm³/mol. The Morgan fingerprint density at radius 2 is 0.913 bits per heavy atom. The molecule has 6 aromatic rings. The van der Waals surface area contributed by atoms with Gasteiger partial charge in [0.2, 0.25) is 20.0 Å². The number of benzene rings is 6. The summed E-state index contributed by atoms with van der Waals surface area (Å²) < 4.78 is 70.1. The summed E-state index contributed by atoms with van der Waals surface area (Å²) in [5, 5.41) is 0.595. The predicted octanol–water partition coefficient (Wildman–Crippen LogP) is 11.2. The summed E-state index contributed by atoms with van der Waals surface area (Å²) in [6.07, 6.45) is 6.86. The Kier molecular flexibility index (Phi) is 14.9. The fourth-order valence-electron chi connectivity index (χ4n) is 10.7. The van der Waals surface area contributed by atoms with E-state index in [9.17, 15) is 16.8 Å². The van der Waals surface area contributed by atoms with E-state index in [0.29, 0.717) is 47.2 Å². The van der Waals surface area contributed by atoms with Gasteiger partial charge in [0, 0.05) is 38.0 Å². The van der Waals surface area contributed by atoms with Crippen LogP contribution in [0.4, 0.5) is 11.4 Å². The van der Waals surface area contributed by atoms with Crippen LogP contribution in [-0.2, 0) is 33.1 Å². The number of hydrogen-bond acceptors (Lipinski definition) is 9. The van der Waals surface area contributed by atoms with E-state index in [0.717, 1.165) is 87.8 Å². The minimum absolute atomic E-state index is 0.264. The molecule has 362 valence electrons. The lowest BCUT2D eigenvalue weighted by Crippen LogP contribution is -2.37. The van der Waals surface area contributed by atoms with Gasteiger partial charge in [0.15, 0.2) is 11.5 Å². The molecule has 11 nitrogen and oxygen atoms in total. The molecule has 0 aromatic heterocycles. The first kappa shape index (κ1) is 48.5. The molecule has 2 unspecified atom stereocenters. The van der Waals surface area contributed by atoms with Crippen LogP contribution in [-0.4, -0.2) is 85.5 Å². The molecule has 0 bridgehead atoms. The molecule has 6 aromatic carbocycles. The van der Waals surface area contributed by atoms with Gasteiger partial charge in [-0.1, -0.05) is 96.5 Å². The fraction of sp³-hybridized carbons (Fsp3) is 0.345. The highest BCUT2D eigenvalue weighted by Crippen LogP contribution is 2.46. The SMILES string of the molecule is COc1ccccc1Oc1cccc(CN2CCC(C3CN(S(C)(=O)=O)c4ccccc43)CC2)c1.CS(=O)(=O)N1CC(C2CCN(Cc3cccc(Oc4ccccc4Cl)c3)CC2)c2ccccc21. The van der Waals surface area contributed by atoms with Crippen molar-refractivity contribution in [3.05, 3.63) is 173 Å². The van der Waals surface area contributed by atoms with Gasteiger partial charge in [-0.15, -0.1) is 0 Å². The number of anilines is 2. The van der Waals surface area contributed by atoms with E-state index in [1.54, 1.807) is 15.7 Å². The van der Waals surface area contributed by atoms with Gasteiger partial charge >= 0.3 is 0 Å². The van der Waals surface area contributed by atoms with E-state index in [2.05, 4.69) is 46.2 Å². The third-order valence-electron chi connectivity index (χ3n) is 14.1. The summed E-state index contributed by atoms with van der Waals surface area (Å²) in [6, 6.07) is 47.5. The number of sulfonamides is 2. The average Bonchev–Trinajstić information content (AvgIpc) is 3.94. The summed E-state index contributed by atoms with van der Waals surface area (Å²) in [7, 11) is -4.89. The summed E-state index contributed by atoms with van der Waals surface area (Å²) in [5.41, 5.74) is 6.48. The van der Waals surface area contributed by atoms with Crippen molar-refractivity contribution in [3.8, 4) is 28.7 Å². The number of para-hydroxylation sites is 5. The number of piperidine rings is 2. The highest BCUT2D eigenvalue weighted by molar-refractivity contribution is 7.92. The van der Waals surface area contributed by atoms with Gasteiger partial charge in [-0.3, -0.25) is 18.4 Å². The van der Waals surface area contributed by atoms with E-state index in [1.807, 2.05) is 109 Å². The van der Waals surface area contributed by atoms with Gasteiger partial charge in [0.1, 0.15) is 17.2 Å². The molecule has 0 spiro atoms. The second-order valence-electron chi connectivity index (χ2n) is 18.7. The molecule has 14 heteroatoms. The van der Waals surface area contributed by atoms with Gasteiger partial charge < -0.3 is 14.2 Å². The Morgan fingerprint density at radius 3 is 1.36 bits per heavy atom. The van der Waals surface area contributed by atoms with E-state index < -0.39 is 20.0 Å². The lowest BCUT2D eigenvalue weighted by molar-refractivity contribution is 0.164. The van der Waals surface area contributed by atoms with Crippen LogP contribution in [0.25, 0.3) is 0 Å². The van der Waals surface area contributed by atoms with Gasteiger partial charge in [-0.2, -0.15) is 0 Å². The first-order valence-electron chi connectivity index (χ1n) is 23.8. The first-order chi connectivity index (χ1) is 33.3. The average molecular weight is 990 g/mol. The normalized spacial score (nSPS) is 19.1. The van der Waals surface area contributed by atoms with Gasteiger partial charge in [0.05, 0.1) is 36.0 Å². The lowest BCUT2D eigenvalue weighted by atomic mass is 9.81. The Bertz CT molecular complexity index is 2960. The second kappa shape index (κ2) is 21.2. The van der Waals surface area contributed by atoms with Crippen LogP contribution in [0.3, 0.4) is 0 Å². The lowest BCUT2D eigenvalue weighted by Gasteiger charge is -2.35. The number of likely N-dealkylation sites (tertiary alicyclic amines) is 2. The fourth-order valence-corrected chi connectivity index (χ4v) is 12.8. The maximum Gasteiger partial charge on any atom is 0.232 e. The van der Waals surface area contributed by atoms with Crippen LogP contribution in [0.15, 0.2) is 146 Å². The third kappa shape index (κ3) is 11.6. The Labute approximate surface area is 413 Å². The summed E-state index contributed by atoms with van der Waals surface area (Å²) in [4.78, 5) is 4.95. The number of rotatable bonds is 13. The molecule has 2 atom stereocenters. The monoisotopic (exact) mass is 988 g/mol. The zero-order valence-corrected chi connectivity index (χ0v) is 41.9. The zero-order valence-electron chi connectivity index (χ0n) is 39.5. The molecule has 4 aliphatic rings. The minimum atomic E-state index is -3.27. The molecule has 2 fully saturated rings. The smallest absolute Gasteiger partial charge is 0.232 e. The van der Waals surface area contributed by atoms with Crippen LogP contribution < -0.4 is 22.8 Å². The van der Waals surface area contributed by atoms with Crippen molar-refractivity contribution in [3.63, 3.8) is 0 Å². The molecule has 0 saturated carbocycles. The highest BCUT2D eigenvalue weighted by atomic mass is 35.5. The van der Waals surface area contributed by atoms with Crippen molar-refractivity contribution < 1.29 is 31.0 Å². The number of methoxy groups -OCH3 is 1. The standard InChI is InChI=1S/C28H32N2O4S.C27H29ClN2O3S/c1-33-27-12-5-6-13-28(27)34-23-9-7-8-21(18-23)19-29-16-14-22(15-17-29)25-20-30(35(2,31)32)26-11-4-3-10-24(25)26;1-34(31,32)30-19-24(23-9-2-4-11-26(23)30)21-13-15-29(16-14-21)18-20-7-6-8-22(17-20)33-27-12-5-3-10-25(27)28/h3-13,18,22,25H,14-17,19-20H2,1-2H3;2-12,17,21,24H,13-16,18-19H2,1H3. The number of fused-ring (bicyclic) bond motifs is 2. The van der Waals surface area contributed by atoms with Crippen LogP contribution in [0.2, 0.25) is 5.02 Å². The summed E-state index contributed by atoms with van der Waals surface area (Å²) >= 11 is 6.23. The number of nitrogens with zero attached hydrogens (tertiary/aromatic N) is 4. The topological polar surface area (TPSA) is 109 Å². The Balaban J connectivity index is 0.000000172. The van der Waals surface area contributed by atoms with E-state index in [-0.39, 0.29) is 11.8 Å². The molecule has 0 aliphatic carbocycles. The summed E-state index contributed by atoms with van der Waals surface area (Å²) in [6.45, 7) is 6.85. The molecular weight excluding hydrogens is 928 g/mol. The number of ether oxygens (including phenoxy) is 3. The molecule has 4 heterocycles. The molecule has 0 N–H and O–H groups in total. The van der Waals surface area contributed by atoms with Crippen LogP contribution in [0.1, 0.15) is 59.8 Å². The van der Waals surface area contributed by atoms with E-state index >= 15 is 0 Å². The molecule has 4 aliphatic heterocycles. The molecular formula is C55H61ClN4O7S2. The van der Waals surface area contributed by atoms with Crippen LogP contribution >= 0.6 is 11.6 Å². The van der Waals surface area contributed by atoms with Crippen molar-refractivity contribution in [2.45, 2.75) is 50.6 Å². The molecule has 0 amide bonds. The Morgan fingerprint density at radius 1 is 0.507 bits per heavy atom. The number of hydrogen-bond donors (Lipinski definition) is 0. The van der Waals surface area contributed by atoms with Gasteiger partial charge in [-0.05, 0) is 147 Å². The van der Waals surface area contributed by atoms with Crippen LogP contribution in [0.5, 0.6) is 28.7 Å². The summed E-state index contributed by atoms with van der Waals surface area (Å²) in [5.74, 6) is 5.15. The van der Waals surface area contributed by atoms with Crippen molar-refractivity contribution >= 4 is 43.0 Å². The van der Waals surface area contributed by atoms with E-state index in [1.165, 1.54) is 34.8 Å². The van der Waals surface area contributed by atoms with Crippen molar-refractivity contribution in [1.82, 2.24) is 9.80 Å².